The zero-order valence-electron chi connectivity index (χ0n) is 8.69. The Morgan fingerprint density at radius 1 is 1.23 bits per heavy atom. The predicted molar refractivity (Wildman–Crippen MR) is 51.7 cm³/mol. The van der Waals surface area contributed by atoms with Crippen molar-refractivity contribution in [2.75, 3.05) is 0 Å². The molecule has 1 unspecified atom stereocenters. The Kier molecular flexibility index (Phi) is 2.70. The maximum absolute atomic E-state index is 4.63. The fourth-order valence-electron chi connectivity index (χ4n) is 2.38. The summed E-state index contributed by atoms with van der Waals surface area (Å²) in [6.07, 6.45) is 2.38. The maximum atomic E-state index is 4.63. The van der Waals surface area contributed by atoms with Gasteiger partial charge in [-0.1, -0.05) is 33.5 Å². The molecule has 0 amide bonds. The largest absolute Gasteiger partial charge is 1.00 e. The number of hydrogen-bond donors (Lipinski definition) is 0. The summed E-state index contributed by atoms with van der Waals surface area (Å²) in [5, 5.41) is 4.63. The van der Waals surface area contributed by atoms with Crippen LogP contribution in [0.4, 0.5) is 0 Å². The van der Waals surface area contributed by atoms with Crippen LogP contribution in [0.25, 0.3) is 5.32 Å². The van der Waals surface area contributed by atoms with Crippen molar-refractivity contribution < 1.29 is 22.4 Å². The fourth-order valence-corrected chi connectivity index (χ4v) is 2.38. The number of aliphatic imine (C=N–C) groups is 1. The Hall–Kier alpha value is 0.210. The molecular weight excluding hydrogens is 256 g/mol. The average Bonchev–Trinajstić information content (AvgIpc) is 2.12. The van der Waals surface area contributed by atoms with Gasteiger partial charge in [-0.3, -0.25) is 0 Å². The minimum Gasteiger partial charge on any atom is -0.463 e. The van der Waals surface area contributed by atoms with Crippen LogP contribution in [-0.2, 0) is 22.4 Å². The van der Waals surface area contributed by atoms with Crippen molar-refractivity contribution in [2.45, 2.75) is 51.6 Å². The third kappa shape index (κ3) is 2.17. The van der Waals surface area contributed by atoms with Crippen molar-refractivity contribution in [1.29, 1.82) is 0 Å². The molecule has 2 aliphatic heterocycles. The molecule has 13 heavy (non-hydrogen) atoms. The standard InChI is InChI=1S/C10H17N2.Ag/c1-9(2)5-7-6-10(3,4)12-8(7)11-9;/h7H,5-6H2,1-4H3;/q-1;+1. The van der Waals surface area contributed by atoms with Gasteiger partial charge in [-0.15, -0.1) is 0 Å². The van der Waals surface area contributed by atoms with Gasteiger partial charge in [0.25, 0.3) is 0 Å². The molecule has 0 aromatic rings. The number of amidine groups is 1. The third-order valence-corrected chi connectivity index (χ3v) is 2.69. The summed E-state index contributed by atoms with van der Waals surface area (Å²) in [5.74, 6) is 1.78. The summed E-state index contributed by atoms with van der Waals surface area (Å²) in [7, 11) is 0. The van der Waals surface area contributed by atoms with Gasteiger partial charge in [-0.2, -0.15) is 0 Å². The minimum atomic E-state index is 0. The minimum absolute atomic E-state index is 0. The Bertz CT molecular complexity index is 243. The quantitative estimate of drug-likeness (QED) is 0.607. The molecule has 1 saturated heterocycles. The van der Waals surface area contributed by atoms with E-state index in [1.807, 2.05) is 0 Å². The first-order chi connectivity index (χ1) is 5.38. The first kappa shape index (κ1) is 11.3. The van der Waals surface area contributed by atoms with Crippen molar-refractivity contribution in [1.82, 2.24) is 0 Å². The molecule has 1 atom stereocenters. The summed E-state index contributed by atoms with van der Waals surface area (Å²) in [4.78, 5) is 4.63. The SMILES string of the molecule is CC1(C)CC2CC(C)(C)[N-]C2=N1.[Ag+]. The van der Waals surface area contributed by atoms with E-state index in [1.54, 1.807) is 0 Å². The molecule has 0 bridgehead atoms. The number of fused-ring (bicyclic) bond motifs is 1. The summed E-state index contributed by atoms with van der Waals surface area (Å²) >= 11 is 0. The van der Waals surface area contributed by atoms with Crippen LogP contribution < -0.4 is 0 Å². The zero-order valence-corrected chi connectivity index (χ0v) is 10.2. The summed E-state index contributed by atoms with van der Waals surface area (Å²) in [6.45, 7) is 8.78. The molecule has 0 N–H and O–H groups in total. The van der Waals surface area contributed by atoms with Gasteiger partial charge in [0, 0.05) is 0 Å². The van der Waals surface area contributed by atoms with E-state index in [-0.39, 0.29) is 33.5 Å². The molecule has 3 heteroatoms. The van der Waals surface area contributed by atoms with Gasteiger partial charge in [0.1, 0.15) is 0 Å². The van der Waals surface area contributed by atoms with Crippen LogP contribution in [0, 0.1) is 5.92 Å². The van der Waals surface area contributed by atoms with Gasteiger partial charge >= 0.3 is 22.4 Å². The van der Waals surface area contributed by atoms with Crippen molar-refractivity contribution in [3.05, 3.63) is 5.32 Å². The van der Waals surface area contributed by atoms with Crippen LogP contribution in [0.5, 0.6) is 0 Å². The Balaban J connectivity index is 0.000000845. The summed E-state index contributed by atoms with van der Waals surface area (Å²) in [6, 6.07) is 0. The van der Waals surface area contributed by atoms with Crippen LogP contribution in [0.15, 0.2) is 4.99 Å². The van der Waals surface area contributed by atoms with E-state index in [4.69, 9.17) is 0 Å². The topological polar surface area (TPSA) is 26.5 Å². The molecule has 78 valence electrons. The fraction of sp³-hybridized carbons (Fsp3) is 0.900. The molecule has 0 spiro atoms. The molecule has 2 rings (SSSR count). The molecule has 0 radical (unpaired) electrons. The molecule has 0 saturated carbocycles. The number of nitrogens with zero attached hydrogens (tertiary/aromatic N) is 2. The molecule has 0 aromatic carbocycles. The van der Waals surface area contributed by atoms with E-state index in [2.05, 4.69) is 38.0 Å². The van der Waals surface area contributed by atoms with Crippen molar-refractivity contribution in [3.63, 3.8) is 0 Å². The van der Waals surface area contributed by atoms with Crippen LogP contribution in [0.2, 0.25) is 0 Å². The van der Waals surface area contributed by atoms with E-state index in [0.29, 0.717) is 5.92 Å². The first-order valence-corrected chi connectivity index (χ1v) is 4.71. The molecule has 0 aromatic heterocycles. The predicted octanol–water partition coefficient (Wildman–Crippen LogP) is 2.74. The zero-order chi connectivity index (χ0) is 8.98. The van der Waals surface area contributed by atoms with Crippen molar-refractivity contribution >= 4 is 5.84 Å². The normalized spacial score (nSPS) is 32.9. The smallest absolute Gasteiger partial charge is 0.463 e. The maximum Gasteiger partial charge on any atom is 1.00 e. The van der Waals surface area contributed by atoms with E-state index in [9.17, 15) is 0 Å². The van der Waals surface area contributed by atoms with E-state index in [0.717, 1.165) is 5.84 Å². The summed E-state index contributed by atoms with van der Waals surface area (Å²) in [5.41, 5.74) is 0.306. The van der Waals surface area contributed by atoms with Gasteiger partial charge in [0.15, 0.2) is 0 Å². The Labute approximate surface area is 96.1 Å². The van der Waals surface area contributed by atoms with Crippen LogP contribution in [0.3, 0.4) is 0 Å². The van der Waals surface area contributed by atoms with Gasteiger partial charge in [0.05, 0.1) is 0 Å². The molecule has 1 fully saturated rings. The van der Waals surface area contributed by atoms with Crippen molar-refractivity contribution in [3.8, 4) is 0 Å². The van der Waals surface area contributed by atoms with Gasteiger partial charge in [0.2, 0.25) is 0 Å². The molecular formula is C10H17AgN2. The van der Waals surface area contributed by atoms with Gasteiger partial charge in [-0.25, -0.2) is 0 Å². The molecule has 2 heterocycles. The second kappa shape index (κ2) is 3.11. The Morgan fingerprint density at radius 3 is 2.38 bits per heavy atom. The average molecular weight is 273 g/mol. The number of hydrogen-bond acceptors (Lipinski definition) is 1. The molecule has 2 nitrogen and oxygen atoms in total. The van der Waals surface area contributed by atoms with Crippen LogP contribution in [-0.4, -0.2) is 16.9 Å². The monoisotopic (exact) mass is 272 g/mol. The van der Waals surface area contributed by atoms with E-state index < -0.39 is 0 Å². The second-order valence-corrected chi connectivity index (χ2v) is 5.31. The second-order valence-electron chi connectivity index (χ2n) is 5.31. The summed E-state index contributed by atoms with van der Waals surface area (Å²) < 4.78 is 0. The number of rotatable bonds is 0. The van der Waals surface area contributed by atoms with Crippen LogP contribution >= 0.6 is 0 Å². The molecule has 2 aliphatic rings. The van der Waals surface area contributed by atoms with Crippen LogP contribution in [0.1, 0.15) is 40.5 Å². The van der Waals surface area contributed by atoms with Crippen molar-refractivity contribution in [2.24, 2.45) is 10.9 Å². The van der Waals surface area contributed by atoms with Gasteiger partial charge in [-0.05, 0) is 29.8 Å². The van der Waals surface area contributed by atoms with Gasteiger partial charge < -0.3 is 10.3 Å². The Morgan fingerprint density at radius 2 is 1.85 bits per heavy atom. The molecule has 0 aliphatic carbocycles. The van der Waals surface area contributed by atoms with E-state index in [1.165, 1.54) is 12.8 Å². The van der Waals surface area contributed by atoms with E-state index >= 15 is 0 Å². The first-order valence-electron chi connectivity index (χ1n) is 4.71. The third-order valence-electron chi connectivity index (χ3n) is 2.69.